The number of rotatable bonds is 1. The van der Waals surface area contributed by atoms with E-state index in [0.29, 0.717) is 11.3 Å². The van der Waals surface area contributed by atoms with Crippen molar-refractivity contribution in [3.8, 4) is 0 Å². The first-order valence-corrected chi connectivity index (χ1v) is 18.7. The zero-order valence-corrected chi connectivity index (χ0v) is 35.5. The van der Waals surface area contributed by atoms with Gasteiger partial charge in [-0.15, -0.1) is 39.7 Å². The number of halogens is 2. The van der Waals surface area contributed by atoms with E-state index in [-0.39, 0.29) is 35.6 Å². The molecule has 0 nitrogen and oxygen atoms in total. The normalized spacial score (nSPS) is 17.7. The van der Waals surface area contributed by atoms with E-state index in [9.17, 15) is 0 Å². The fraction of sp³-hybridized carbons (Fsp3) is 0.319. The second-order valence-corrected chi connectivity index (χ2v) is 18.2. The molecule has 0 radical (unpaired) electrons. The maximum atomic E-state index is 3.26. The van der Waals surface area contributed by atoms with Crippen LogP contribution in [0.15, 0.2) is 103 Å². The first kappa shape index (κ1) is 40.1. The van der Waals surface area contributed by atoms with Crippen molar-refractivity contribution in [2.45, 2.75) is 87.0 Å². The molecular weight excluding hydrogens is 727 g/mol. The van der Waals surface area contributed by atoms with Crippen molar-refractivity contribution >= 4 is 46.7 Å². The molecule has 0 heterocycles. The number of fused-ring (bicyclic) bond motifs is 6. The number of hydrogen-bond acceptors (Lipinski definition) is 0. The smallest absolute Gasteiger partial charge is 1.00 e. The summed E-state index contributed by atoms with van der Waals surface area (Å²) in [7, 11) is 0. The Morgan fingerprint density at radius 1 is 0.740 bits per heavy atom. The molecule has 3 heteroatoms. The third-order valence-corrected chi connectivity index (χ3v) is 11.1. The monoisotopic (exact) mass is 774 g/mol. The van der Waals surface area contributed by atoms with Crippen molar-refractivity contribution in [1.82, 2.24) is 0 Å². The van der Waals surface area contributed by atoms with Gasteiger partial charge in [0.05, 0.1) is 0 Å². The molecule has 5 aromatic carbocycles. The van der Waals surface area contributed by atoms with Crippen LogP contribution in [0.5, 0.6) is 0 Å². The molecule has 0 fully saturated rings. The van der Waals surface area contributed by atoms with Crippen molar-refractivity contribution in [1.29, 1.82) is 0 Å². The molecule has 0 spiro atoms. The van der Waals surface area contributed by atoms with Crippen LogP contribution in [0, 0.1) is 17.4 Å². The Kier molecular flexibility index (Phi) is 11.8. The average Bonchev–Trinajstić information content (AvgIpc) is 3.73. The van der Waals surface area contributed by atoms with Crippen LogP contribution in [0.25, 0.3) is 43.5 Å². The largest absolute Gasteiger partial charge is 1.00 e. The summed E-state index contributed by atoms with van der Waals surface area (Å²) in [6, 6.07) is 27.2. The molecule has 3 aliphatic rings. The minimum atomic E-state index is 0. The van der Waals surface area contributed by atoms with E-state index in [2.05, 4.69) is 179 Å². The topological polar surface area (TPSA) is 0 Å². The fourth-order valence-corrected chi connectivity index (χ4v) is 8.08. The molecule has 5 aromatic rings. The Balaban J connectivity index is 0.000000190. The van der Waals surface area contributed by atoms with Crippen LogP contribution in [0.2, 0.25) is 0 Å². The van der Waals surface area contributed by atoms with Crippen LogP contribution in [0.3, 0.4) is 0 Å². The molecule has 0 saturated heterocycles. The van der Waals surface area contributed by atoms with Gasteiger partial charge in [0.25, 0.3) is 0 Å². The Hall–Kier alpha value is -2.70. The van der Waals surface area contributed by atoms with Crippen molar-refractivity contribution in [2.24, 2.45) is 11.3 Å². The zero-order chi connectivity index (χ0) is 34.8. The predicted molar refractivity (Wildman–Crippen MR) is 209 cm³/mol. The number of hydrogen-bond donors (Lipinski definition) is 0. The van der Waals surface area contributed by atoms with Crippen LogP contribution < -0.4 is 24.8 Å². The van der Waals surface area contributed by atoms with Crippen LogP contribution in [0.1, 0.15) is 104 Å². The van der Waals surface area contributed by atoms with Gasteiger partial charge in [-0.05, 0) is 36.1 Å². The summed E-state index contributed by atoms with van der Waals surface area (Å²) in [6.45, 7) is 24.8. The van der Waals surface area contributed by atoms with Gasteiger partial charge in [0.15, 0.2) is 0 Å². The molecule has 50 heavy (non-hydrogen) atoms. The molecular formula is C47H50Cl2Zr-2. The first-order valence-electron chi connectivity index (χ1n) is 17.4. The zero-order valence-electron chi connectivity index (χ0n) is 31.6. The molecule has 0 bridgehead atoms. The minimum Gasteiger partial charge on any atom is -1.00 e. The van der Waals surface area contributed by atoms with Gasteiger partial charge in [0.1, 0.15) is 0 Å². The standard InChI is InChI=1S/C25H25.C12H10.C10H15.2ClH.Zr/c1-14-12-24(3,4)22-8-16-7-17-9-23-19(15(2)13-25(23,5)6)11-21(17)20(16)10-18(14)22;1-2-10-7-8-11-5-3-4-6-12(11)9-10;1-8-5-6-9(7-8)10(2,3)4;;;/h7-13H,1-6H3;3-9H,1H3;6-8H,1-4H3;2*1H;/q-1;;-1;;;+2/p-2. The molecule has 3 aliphatic carbocycles. The SMILES string of the molecule is CC1=CC(C)(C)c2cc3[cH-]c4cc5c(cc4c3cc21)C(C)=CC5(C)C.CC1[C-]=CC(C(C)(C)C)=C1.C[C](=[Zr+2])c1ccc2ccccc2c1.[Cl-].[Cl-]. The van der Waals surface area contributed by atoms with Crippen molar-refractivity contribution < 1.29 is 49.0 Å². The Morgan fingerprint density at radius 2 is 1.24 bits per heavy atom. The van der Waals surface area contributed by atoms with E-state index in [0.717, 1.165) is 0 Å². The molecule has 8 rings (SSSR count). The van der Waals surface area contributed by atoms with E-state index in [1.807, 2.05) is 0 Å². The van der Waals surface area contributed by atoms with Crippen LogP contribution in [-0.4, -0.2) is 3.21 Å². The average molecular weight is 777 g/mol. The molecule has 1 atom stereocenters. The van der Waals surface area contributed by atoms with Gasteiger partial charge in [-0.25, -0.2) is 6.08 Å². The van der Waals surface area contributed by atoms with Gasteiger partial charge in [-0.3, -0.25) is 6.08 Å². The summed E-state index contributed by atoms with van der Waals surface area (Å²) in [5, 5.41) is 8.23. The molecule has 0 aromatic heterocycles. The molecule has 0 aliphatic heterocycles. The third kappa shape index (κ3) is 7.87. The van der Waals surface area contributed by atoms with E-state index < -0.39 is 0 Å². The summed E-state index contributed by atoms with van der Waals surface area (Å²) < 4.78 is 1.46. The summed E-state index contributed by atoms with van der Waals surface area (Å²) in [5.41, 5.74) is 12.0. The predicted octanol–water partition coefficient (Wildman–Crippen LogP) is 7.00. The van der Waals surface area contributed by atoms with Gasteiger partial charge in [-0.1, -0.05) is 102 Å². The van der Waals surface area contributed by atoms with Crippen molar-refractivity contribution in [3.63, 3.8) is 0 Å². The van der Waals surface area contributed by atoms with E-state index in [4.69, 9.17) is 0 Å². The Labute approximate surface area is 328 Å². The molecule has 0 amide bonds. The van der Waals surface area contributed by atoms with Gasteiger partial charge in [-0.2, -0.15) is 11.6 Å². The minimum absolute atomic E-state index is 0. The molecule has 1 unspecified atom stereocenters. The first-order chi connectivity index (χ1) is 22.4. The summed E-state index contributed by atoms with van der Waals surface area (Å²) >= 11 is 1.50. The van der Waals surface area contributed by atoms with Crippen molar-refractivity contribution in [3.05, 3.63) is 137 Å². The van der Waals surface area contributed by atoms with Crippen LogP contribution in [-0.2, 0) is 35.1 Å². The van der Waals surface area contributed by atoms with E-state index in [1.165, 1.54) is 104 Å². The fourth-order valence-electron chi connectivity index (χ4n) is 7.69. The van der Waals surface area contributed by atoms with Gasteiger partial charge >= 0.3 is 93.2 Å². The number of benzene rings is 4. The van der Waals surface area contributed by atoms with Gasteiger partial charge < -0.3 is 24.8 Å². The van der Waals surface area contributed by atoms with E-state index in [1.54, 1.807) is 0 Å². The Bertz CT molecular complexity index is 2130. The quantitative estimate of drug-likeness (QED) is 0.161. The molecule has 258 valence electrons. The maximum Gasteiger partial charge on any atom is -1.00 e. The van der Waals surface area contributed by atoms with E-state index >= 15 is 0 Å². The third-order valence-electron chi connectivity index (χ3n) is 10.4. The second kappa shape index (κ2) is 14.7. The van der Waals surface area contributed by atoms with Gasteiger partial charge in [0, 0.05) is 10.8 Å². The van der Waals surface area contributed by atoms with Crippen molar-refractivity contribution in [2.75, 3.05) is 0 Å². The van der Waals surface area contributed by atoms with Crippen LogP contribution >= 0.6 is 0 Å². The second-order valence-electron chi connectivity index (χ2n) is 16.4. The molecule has 0 saturated carbocycles. The number of allylic oxidation sites excluding steroid dienone is 8. The van der Waals surface area contributed by atoms with Gasteiger partial charge in [0.2, 0.25) is 0 Å². The summed E-state index contributed by atoms with van der Waals surface area (Å²) in [6.07, 6.45) is 12.5. The molecule has 0 N–H and O–H groups in total. The van der Waals surface area contributed by atoms with Crippen LogP contribution in [0.4, 0.5) is 0 Å². The summed E-state index contributed by atoms with van der Waals surface area (Å²) in [5.74, 6) is 0.522. The summed E-state index contributed by atoms with van der Waals surface area (Å²) in [4.78, 5) is 0. The Morgan fingerprint density at radius 3 is 1.66 bits per heavy atom. The maximum absolute atomic E-state index is 3.26.